The number of nitrogens with one attached hydrogen (secondary N) is 1. The summed E-state index contributed by atoms with van der Waals surface area (Å²) in [6.45, 7) is 3.54. The topological polar surface area (TPSA) is 57.6 Å². The van der Waals surface area contributed by atoms with Crippen molar-refractivity contribution < 1.29 is 18.6 Å². The molecular weight excluding hydrogens is 268 g/mol. The summed E-state index contributed by atoms with van der Waals surface area (Å²) in [6, 6.07) is 0.837. The molecule has 0 saturated carbocycles. The third-order valence-electron chi connectivity index (χ3n) is 3.10. The lowest BCUT2D eigenvalue weighted by molar-refractivity contribution is 0.00319. The largest absolute Gasteiger partial charge is 0.394 e. The molecule has 0 radical (unpaired) electrons. The molecule has 20 heavy (non-hydrogen) atoms. The van der Waals surface area contributed by atoms with Gasteiger partial charge in [-0.05, 0) is 6.42 Å². The average molecular weight is 287 g/mol. The predicted molar refractivity (Wildman–Crippen MR) is 72.0 cm³/mol. The monoisotopic (exact) mass is 287 g/mol. The molecule has 2 heterocycles. The molecule has 0 aliphatic carbocycles. The first-order valence-electron chi connectivity index (χ1n) is 6.73. The standard InChI is InChI=1S/C13H19F2N3O2/c1-2-3-16-12-10(14)6-11(15)13(17-12)18-4-5-20-9(7-18)8-19/h6,9,19H,2-5,7-8H2,1H3,(H,16,17). The molecule has 1 unspecified atom stereocenters. The minimum absolute atomic E-state index is 0.0512. The summed E-state index contributed by atoms with van der Waals surface area (Å²) in [5, 5.41) is 11.9. The van der Waals surface area contributed by atoms with Gasteiger partial charge in [-0.3, -0.25) is 0 Å². The van der Waals surface area contributed by atoms with E-state index in [2.05, 4.69) is 10.3 Å². The molecule has 2 N–H and O–H groups in total. The highest BCUT2D eigenvalue weighted by atomic mass is 19.1. The van der Waals surface area contributed by atoms with Crippen molar-refractivity contribution in [2.24, 2.45) is 0 Å². The SMILES string of the molecule is CCCNc1nc(N2CCOC(CO)C2)c(F)cc1F. The van der Waals surface area contributed by atoms with Gasteiger partial charge in [0.25, 0.3) is 0 Å². The highest BCUT2D eigenvalue weighted by Gasteiger charge is 2.24. The first-order chi connectivity index (χ1) is 9.65. The Bertz CT molecular complexity index is 459. The molecule has 1 aromatic heterocycles. The first kappa shape index (κ1) is 14.9. The van der Waals surface area contributed by atoms with E-state index >= 15 is 0 Å². The zero-order valence-electron chi connectivity index (χ0n) is 11.4. The molecule has 0 aromatic carbocycles. The Hall–Kier alpha value is -1.47. The maximum Gasteiger partial charge on any atom is 0.168 e. The normalized spacial score (nSPS) is 19.2. The van der Waals surface area contributed by atoms with E-state index < -0.39 is 11.6 Å². The van der Waals surface area contributed by atoms with Gasteiger partial charge in [-0.2, -0.15) is 0 Å². The van der Waals surface area contributed by atoms with Crippen molar-refractivity contribution in [2.75, 3.05) is 43.1 Å². The lowest BCUT2D eigenvalue weighted by atomic mass is 10.2. The molecule has 0 bridgehead atoms. The summed E-state index contributed by atoms with van der Waals surface area (Å²) in [7, 11) is 0. The second-order valence-corrected chi connectivity index (χ2v) is 4.67. The van der Waals surface area contributed by atoms with Gasteiger partial charge >= 0.3 is 0 Å². The summed E-state index contributed by atoms with van der Waals surface area (Å²) >= 11 is 0. The van der Waals surface area contributed by atoms with E-state index in [1.165, 1.54) is 0 Å². The highest BCUT2D eigenvalue weighted by Crippen LogP contribution is 2.24. The van der Waals surface area contributed by atoms with Crippen LogP contribution in [0.5, 0.6) is 0 Å². The fraction of sp³-hybridized carbons (Fsp3) is 0.615. The number of aliphatic hydroxyl groups excluding tert-OH is 1. The Morgan fingerprint density at radius 2 is 2.30 bits per heavy atom. The van der Waals surface area contributed by atoms with Crippen LogP contribution < -0.4 is 10.2 Å². The van der Waals surface area contributed by atoms with Gasteiger partial charge < -0.3 is 20.1 Å². The number of hydrogen-bond acceptors (Lipinski definition) is 5. The smallest absolute Gasteiger partial charge is 0.168 e. The molecule has 5 nitrogen and oxygen atoms in total. The summed E-state index contributed by atoms with van der Waals surface area (Å²) < 4.78 is 32.8. The number of nitrogens with zero attached hydrogens (tertiary/aromatic N) is 2. The van der Waals surface area contributed by atoms with Crippen LogP contribution in [0.25, 0.3) is 0 Å². The number of aliphatic hydroxyl groups is 1. The minimum Gasteiger partial charge on any atom is -0.394 e. The van der Waals surface area contributed by atoms with Crippen LogP contribution in [-0.2, 0) is 4.74 Å². The first-order valence-corrected chi connectivity index (χ1v) is 6.73. The number of morpholine rings is 1. The van der Waals surface area contributed by atoms with Crippen LogP contribution in [0, 0.1) is 11.6 Å². The molecule has 1 fully saturated rings. The molecule has 1 aliphatic heterocycles. The van der Waals surface area contributed by atoms with E-state index in [1.807, 2.05) is 6.92 Å². The van der Waals surface area contributed by atoms with E-state index in [0.29, 0.717) is 26.2 Å². The molecular formula is C13H19F2N3O2. The van der Waals surface area contributed by atoms with Crippen LogP contribution in [0.3, 0.4) is 0 Å². The lowest BCUT2D eigenvalue weighted by Gasteiger charge is -2.33. The summed E-state index contributed by atoms with van der Waals surface area (Å²) in [5.74, 6) is -1.27. The van der Waals surface area contributed by atoms with E-state index in [1.54, 1.807) is 4.90 Å². The van der Waals surface area contributed by atoms with Crippen molar-refractivity contribution in [2.45, 2.75) is 19.4 Å². The number of hydrogen-bond donors (Lipinski definition) is 2. The number of aromatic nitrogens is 1. The maximum absolute atomic E-state index is 13.9. The number of rotatable bonds is 5. The fourth-order valence-corrected chi connectivity index (χ4v) is 2.07. The third-order valence-corrected chi connectivity index (χ3v) is 3.10. The second kappa shape index (κ2) is 6.81. The van der Waals surface area contributed by atoms with Gasteiger partial charge in [0.2, 0.25) is 0 Å². The zero-order valence-corrected chi connectivity index (χ0v) is 11.4. The number of anilines is 2. The number of halogens is 2. The third kappa shape index (κ3) is 3.34. The van der Waals surface area contributed by atoms with Gasteiger partial charge in [0.05, 0.1) is 19.3 Å². The van der Waals surface area contributed by atoms with Crippen molar-refractivity contribution in [1.29, 1.82) is 0 Å². The number of pyridine rings is 1. The summed E-state index contributed by atoms with van der Waals surface area (Å²) in [5.41, 5.74) is 0. The quantitative estimate of drug-likeness (QED) is 0.857. The molecule has 1 aliphatic rings. The zero-order chi connectivity index (χ0) is 14.5. The van der Waals surface area contributed by atoms with Crippen molar-refractivity contribution in [1.82, 2.24) is 4.98 Å². The van der Waals surface area contributed by atoms with Crippen LogP contribution in [0.15, 0.2) is 6.07 Å². The Balaban J connectivity index is 2.21. The summed E-state index contributed by atoms with van der Waals surface area (Å²) in [6.07, 6.45) is 0.444. The van der Waals surface area contributed by atoms with Crippen LogP contribution in [0.1, 0.15) is 13.3 Å². The van der Waals surface area contributed by atoms with Crippen molar-refractivity contribution in [3.63, 3.8) is 0 Å². The van der Waals surface area contributed by atoms with Gasteiger partial charge in [0.1, 0.15) is 0 Å². The van der Waals surface area contributed by atoms with Crippen molar-refractivity contribution in [3.05, 3.63) is 17.7 Å². The molecule has 0 spiro atoms. The minimum atomic E-state index is -0.705. The molecule has 1 aromatic rings. The number of ether oxygens (including phenoxy) is 1. The van der Waals surface area contributed by atoms with Gasteiger partial charge in [-0.25, -0.2) is 13.8 Å². The molecule has 1 saturated heterocycles. The van der Waals surface area contributed by atoms with Gasteiger partial charge in [-0.1, -0.05) is 6.92 Å². The van der Waals surface area contributed by atoms with Gasteiger partial charge in [0.15, 0.2) is 23.3 Å². The molecule has 112 valence electrons. The van der Waals surface area contributed by atoms with E-state index in [9.17, 15) is 8.78 Å². The Morgan fingerprint density at radius 3 is 3.00 bits per heavy atom. The molecule has 0 amide bonds. The van der Waals surface area contributed by atoms with Gasteiger partial charge in [-0.15, -0.1) is 0 Å². The maximum atomic E-state index is 13.9. The molecule has 7 heteroatoms. The molecule has 1 atom stereocenters. The second-order valence-electron chi connectivity index (χ2n) is 4.67. The average Bonchev–Trinajstić information content (AvgIpc) is 2.46. The van der Waals surface area contributed by atoms with E-state index in [-0.39, 0.29) is 24.3 Å². The molecule has 2 rings (SSSR count). The Morgan fingerprint density at radius 1 is 1.50 bits per heavy atom. The predicted octanol–water partition coefficient (Wildman–Crippen LogP) is 1.38. The fourth-order valence-electron chi connectivity index (χ4n) is 2.07. The Kier molecular flexibility index (Phi) is 5.08. The van der Waals surface area contributed by atoms with E-state index in [0.717, 1.165) is 12.5 Å². The van der Waals surface area contributed by atoms with Crippen molar-refractivity contribution in [3.8, 4) is 0 Å². The lowest BCUT2D eigenvalue weighted by Crippen LogP contribution is -2.44. The van der Waals surface area contributed by atoms with Crippen LogP contribution in [-0.4, -0.2) is 49.0 Å². The van der Waals surface area contributed by atoms with E-state index in [4.69, 9.17) is 9.84 Å². The highest BCUT2D eigenvalue weighted by molar-refractivity contribution is 5.49. The summed E-state index contributed by atoms with van der Waals surface area (Å²) in [4.78, 5) is 5.69. The van der Waals surface area contributed by atoms with Crippen LogP contribution in [0.4, 0.5) is 20.4 Å². The van der Waals surface area contributed by atoms with Crippen LogP contribution in [0.2, 0.25) is 0 Å². The van der Waals surface area contributed by atoms with Crippen LogP contribution >= 0.6 is 0 Å². The van der Waals surface area contributed by atoms with Gasteiger partial charge in [0, 0.05) is 25.7 Å². The Labute approximate surface area is 116 Å². The van der Waals surface area contributed by atoms with Crippen molar-refractivity contribution >= 4 is 11.6 Å².